The predicted molar refractivity (Wildman–Crippen MR) is 126 cm³/mol. The number of fused-ring (bicyclic) bond motifs is 2. The molecule has 0 saturated carbocycles. The number of aromatic amines is 1. The molecule has 0 bridgehead atoms. The number of rotatable bonds is 4. The average Bonchev–Trinajstić information content (AvgIpc) is 3.53. The summed E-state index contributed by atoms with van der Waals surface area (Å²) in [4.78, 5) is 23.2. The number of anilines is 1. The zero-order valence-electron chi connectivity index (χ0n) is 19.4. The van der Waals surface area contributed by atoms with Gasteiger partial charge in [0.25, 0.3) is 6.01 Å². The number of hydrogen-bond donors (Lipinski definition) is 4. The molecule has 0 aliphatic carbocycles. The van der Waals surface area contributed by atoms with Crippen LogP contribution in [0.2, 0.25) is 5.02 Å². The van der Waals surface area contributed by atoms with Crippen molar-refractivity contribution in [2.45, 2.75) is 36.7 Å². The number of benzene rings is 1. The second-order valence-corrected chi connectivity index (χ2v) is 9.37. The van der Waals surface area contributed by atoms with E-state index in [1.165, 1.54) is 0 Å². The van der Waals surface area contributed by atoms with Crippen molar-refractivity contribution in [1.29, 1.82) is 0 Å². The number of aliphatic hydroxyl groups is 2. The molecule has 4 atom stereocenters. The number of carboxylic acids is 1. The van der Waals surface area contributed by atoms with Gasteiger partial charge in [-0.1, -0.05) is 23.7 Å². The van der Waals surface area contributed by atoms with E-state index in [2.05, 4.69) is 19.9 Å². The maximum atomic E-state index is 10.6. The van der Waals surface area contributed by atoms with Gasteiger partial charge in [0.2, 0.25) is 0 Å². The number of aliphatic carboxylic acids is 1. The Morgan fingerprint density at radius 2 is 1.76 bits per heavy atom. The van der Waals surface area contributed by atoms with E-state index in [0.717, 1.165) is 11.3 Å². The largest absolute Gasteiger partial charge is 0.490 e. The van der Waals surface area contributed by atoms with Gasteiger partial charge in [-0.05, 0) is 18.2 Å². The maximum absolute atomic E-state index is 10.6. The van der Waals surface area contributed by atoms with Crippen molar-refractivity contribution in [1.82, 2.24) is 15.0 Å². The zero-order chi connectivity index (χ0) is 27.2. The minimum absolute atomic E-state index is 0.243. The molecule has 38 heavy (non-hydrogen) atoms. The van der Waals surface area contributed by atoms with Crippen LogP contribution in [0.5, 0.6) is 6.01 Å². The van der Waals surface area contributed by atoms with Crippen LogP contribution in [-0.4, -0.2) is 99.2 Å². The lowest BCUT2D eigenvalue weighted by atomic mass is 10.1. The minimum atomic E-state index is -5.08. The first-order valence-electron chi connectivity index (χ1n) is 11.5. The number of aromatic nitrogens is 3. The van der Waals surface area contributed by atoms with Gasteiger partial charge in [0.05, 0.1) is 35.6 Å². The quantitative estimate of drug-likeness (QED) is 0.374. The first-order chi connectivity index (χ1) is 18.0. The molecule has 3 fully saturated rings. The summed E-state index contributed by atoms with van der Waals surface area (Å²) in [6.45, 7) is 1.87. The number of β-amino-alcohol motifs (C(OH)–C–C–N with tert-alkyl or cyclic N) is 1. The molecule has 3 aromatic rings. The summed E-state index contributed by atoms with van der Waals surface area (Å²) >= 11 is 6.50. The third-order valence-corrected chi connectivity index (χ3v) is 6.55. The number of alkyl halides is 3. The molecule has 1 aromatic carbocycles. The van der Waals surface area contributed by atoms with E-state index in [1.54, 1.807) is 6.07 Å². The van der Waals surface area contributed by atoms with E-state index in [1.807, 2.05) is 24.3 Å². The fraction of sp³-hybridized carbons (Fsp3) is 0.435. The van der Waals surface area contributed by atoms with Crippen LogP contribution >= 0.6 is 11.6 Å². The number of imidazole rings is 1. The highest BCUT2D eigenvalue weighted by atomic mass is 35.5. The molecule has 11 nitrogen and oxygen atoms in total. The summed E-state index contributed by atoms with van der Waals surface area (Å²) in [5.41, 5.74) is 3.72. The van der Waals surface area contributed by atoms with E-state index < -0.39 is 18.2 Å². The summed E-state index contributed by atoms with van der Waals surface area (Å²) in [6.07, 6.45) is -7.00. The normalized spacial score (nSPS) is 25.1. The summed E-state index contributed by atoms with van der Waals surface area (Å²) in [5.74, 6) is -2.76. The smallest absolute Gasteiger partial charge is 0.475 e. The number of halogens is 4. The van der Waals surface area contributed by atoms with Crippen LogP contribution in [0.3, 0.4) is 0 Å². The van der Waals surface area contributed by atoms with Crippen LogP contribution in [0.4, 0.5) is 18.9 Å². The third kappa shape index (κ3) is 5.35. The van der Waals surface area contributed by atoms with Crippen LogP contribution in [0.15, 0.2) is 30.3 Å². The Balaban J connectivity index is 0.000000374. The Morgan fingerprint density at radius 3 is 2.39 bits per heavy atom. The fourth-order valence-corrected chi connectivity index (χ4v) is 4.60. The molecule has 0 amide bonds. The van der Waals surface area contributed by atoms with Gasteiger partial charge in [0.1, 0.15) is 18.3 Å². The Hall–Kier alpha value is -3.17. The average molecular weight is 559 g/mol. The van der Waals surface area contributed by atoms with Gasteiger partial charge in [-0.2, -0.15) is 18.2 Å². The van der Waals surface area contributed by atoms with E-state index in [9.17, 15) is 23.4 Å². The standard InChI is InChI=1S/C21H21ClN4O5.C2HF3O2/c22-13-5-14-20(24-17(13)10-1-3-11(4-2-10)26-6-12(27)7-26)25-21(23-14)31-16-9-30-18-15(28)8-29-19(16)18;3-2(4,5)1(6)7/h1-5,12,15-16,18-19,27-28H,6-9H2,(H,23,24,25);(H,6,7)/t15-,16-,18-,19-;/m1./s1. The van der Waals surface area contributed by atoms with Gasteiger partial charge in [0.15, 0.2) is 11.8 Å². The third-order valence-electron chi connectivity index (χ3n) is 6.26. The second-order valence-electron chi connectivity index (χ2n) is 8.96. The summed E-state index contributed by atoms with van der Waals surface area (Å²) in [7, 11) is 0. The molecule has 2 aromatic heterocycles. The molecule has 204 valence electrons. The first-order valence-corrected chi connectivity index (χ1v) is 11.8. The summed E-state index contributed by atoms with van der Waals surface area (Å²) in [6, 6.07) is 10.00. The number of nitrogens with zero attached hydrogens (tertiary/aromatic N) is 3. The number of carbonyl (C=O) groups is 1. The van der Waals surface area contributed by atoms with Gasteiger partial charge in [-0.3, -0.25) is 0 Å². The lowest BCUT2D eigenvalue weighted by molar-refractivity contribution is -0.192. The Labute approximate surface area is 217 Å². The highest BCUT2D eigenvalue weighted by molar-refractivity contribution is 6.33. The number of pyridine rings is 1. The topological polar surface area (TPSA) is 150 Å². The minimum Gasteiger partial charge on any atom is -0.475 e. The fourth-order valence-electron chi connectivity index (χ4n) is 4.34. The highest BCUT2D eigenvalue weighted by Gasteiger charge is 2.48. The monoisotopic (exact) mass is 558 g/mol. The molecule has 3 aliphatic heterocycles. The van der Waals surface area contributed by atoms with Crippen molar-refractivity contribution in [2.75, 3.05) is 31.2 Å². The molecule has 0 unspecified atom stereocenters. The molecule has 6 rings (SSSR count). The second kappa shape index (κ2) is 10.2. The van der Waals surface area contributed by atoms with Crippen molar-refractivity contribution >= 4 is 34.4 Å². The molecule has 3 saturated heterocycles. The van der Waals surface area contributed by atoms with Gasteiger partial charge in [0, 0.05) is 24.3 Å². The number of carboxylic acid groups (broad SMARTS) is 1. The van der Waals surface area contributed by atoms with Crippen LogP contribution in [0.25, 0.3) is 22.4 Å². The predicted octanol–water partition coefficient (Wildman–Crippen LogP) is 2.00. The molecular weight excluding hydrogens is 537 g/mol. The van der Waals surface area contributed by atoms with Crippen LogP contribution in [-0.2, 0) is 14.3 Å². The number of ether oxygens (including phenoxy) is 3. The van der Waals surface area contributed by atoms with Crippen LogP contribution < -0.4 is 9.64 Å². The molecular formula is C23H22ClF3N4O7. The van der Waals surface area contributed by atoms with Crippen molar-refractivity contribution in [3.05, 3.63) is 35.4 Å². The van der Waals surface area contributed by atoms with Gasteiger partial charge < -0.3 is 39.4 Å². The summed E-state index contributed by atoms with van der Waals surface area (Å²) < 4.78 is 48.9. The maximum Gasteiger partial charge on any atom is 0.490 e. The van der Waals surface area contributed by atoms with Crippen LogP contribution in [0, 0.1) is 0 Å². The molecule has 0 spiro atoms. The molecule has 0 radical (unpaired) electrons. The lowest BCUT2D eigenvalue weighted by Crippen LogP contribution is -2.50. The first kappa shape index (κ1) is 26.4. The lowest BCUT2D eigenvalue weighted by Gasteiger charge is -2.37. The number of H-pyrrole nitrogens is 1. The van der Waals surface area contributed by atoms with Crippen molar-refractivity contribution in [3.8, 4) is 17.3 Å². The Kier molecular flexibility index (Phi) is 7.09. The van der Waals surface area contributed by atoms with E-state index in [0.29, 0.717) is 47.6 Å². The highest BCUT2D eigenvalue weighted by Crippen LogP contribution is 2.33. The molecule has 5 heterocycles. The summed E-state index contributed by atoms with van der Waals surface area (Å²) in [5, 5.41) is 27.0. The van der Waals surface area contributed by atoms with Crippen LogP contribution in [0.1, 0.15) is 0 Å². The number of nitrogens with one attached hydrogen (secondary N) is 1. The van der Waals surface area contributed by atoms with Gasteiger partial charge >= 0.3 is 12.1 Å². The van der Waals surface area contributed by atoms with E-state index in [4.69, 9.17) is 35.7 Å². The zero-order valence-corrected chi connectivity index (χ0v) is 20.2. The molecule has 3 aliphatic rings. The van der Waals surface area contributed by atoms with Gasteiger partial charge in [-0.15, -0.1) is 0 Å². The molecule has 4 N–H and O–H groups in total. The Bertz CT molecular complexity index is 1320. The molecule has 15 heteroatoms. The van der Waals surface area contributed by atoms with Crippen molar-refractivity contribution < 1.29 is 47.5 Å². The SMILES string of the molecule is O=C(O)C(F)(F)F.OC1CN(c2ccc(-c3nc4nc(O[C@@H]5CO[C@H]6[C@@H]5OC[C@H]6O)[nH]c4cc3Cl)cc2)C1. The van der Waals surface area contributed by atoms with E-state index >= 15 is 0 Å². The number of hydrogen-bond acceptors (Lipinski definition) is 9. The van der Waals surface area contributed by atoms with Crippen molar-refractivity contribution in [2.24, 2.45) is 0 Å². The Morgan fingerprint density at radius 1 is 1.11 bits per heavy atom. The van der Waals surface area contributed by atoms with Crippen molar-refractivity contribution in [3.63, 3.8) is 0 Å². The van der Waals surface area contributed by atoms with Gasteiger partial charge in [-0.25, -0.2) is 9.78 Å². The van der Waals surface area contributed by atoms with E-state index in [-0.39, 0.29) is 31.0 Å². The number of aliphatic hydroxyl groups excluding tert-OH is 2.